The van der Waals surface area contributed by atoms with E-state index in [9.17, 15) is 53.9 Å². The number of esters is 1. The standard InChI is InChI=1S/C36H45N5O12/c1-19(2)14-25(39-35(49)27-10-7-13-40(27)30(44)16-23-11-12-26(41(51)52)28(42)15-23)34(48)37-22(5)33(47)38-24(17-31(45)46)29(43)18-53-36(50)32-20(3)8-6-9-21(32)4/h6,8-9,11-12,15,19,22,24-25,27,42H,7,10,13-14,16-18H2,1-5H3,(H,37,48)(H,38,47)(H,39,49)(H,45,46)/t22-,24-,25-,27?/m0/s1. The Kier molecular flexibility index (Phi) is 14.6. The number of aliphatic carboxylic acids is 1. The highest BCUT2D eigenvalue weighted by atomic mass is 16.6. The van der Waals surface area contributed by atoms with Crippen molar-refractivity contribution in [3.63, 3.8) is 0 Å². The Hall–Kier alpha value is -5.87. The number of phenolic OH excluding ortho intramolecular Hbond substituents is 1. The van der Waals surface area contributed by atoms with Gasteiger partial charge in [-0.15, -0.1) is 0 Å². The van der Waals surface area contributed by atoms with Crippen molar-refractivity contribution < 1.29 is 53.4 Å². The van der Waals surface area contributed by atoms with Crippen molar-refractivity contribution in [2.45, 2.75) is 90.9 Å². The van der Waals surface area contributed by atoms with E-state index >= 15 is 0 Å². The number of aryl methyl sites for hydroxylation is 2. The van der Waals surface area contributed by atoms with Crippen LogP contribution in [-0.2, 0) is 39.9 Å². The number of nitro benzene ring substituents is 1. The number of aromatic hydroxyl groups is 1. The lowest BCUT2D eigenvalue weighted by molar-refractivity contribution is -0.385. The first-order valence-electron chi connectivity index (χ1n) is 17.0. The van der Waals surface area contributed by atoms with E-state index in [1.807, 2.05) is 13.8 Å². The Morgan fingerprint density at radius 2 is 1.62 bits per heavy atom. The number of amides is 4. The highest BCUT2D eigenvalue weighted by Gasteiger charge is 2.37. The maximum absolute atomic E-state index is 13.5. The van der Waals surface area contributed by atoms with Crippen LogP contribution in [0.5, 0.6) is 5.75 Å². The van der Waals surface area contributed by atoms with Gasteiger partial charge in [-0.3, -0.25) is 38.9 Å². The van der Waals surface area contributed by atoms with Crippen LogP contribution >= 0.6 is 0 Å². The fourth-order valence-electron chi connectivity index (χ4n) is 5.96. The lowest BCUT2D eigenvalue weighted by Gasteiger charge is -2.28. The molecule has 2 aromatic carbocycles. The molecular weight excluding hydrogens is 694 g/mol. The quantitative estimate of drug-likeness (QED) is 0.0886. The molecule has 286 valence electrons. The lowest BCUT2D eigenvalue weighted by Crippen LogP contribution is -2.57. The first kappa shape index (κ1) is 41.5. The molecule has 3 rings (SSSR count). The van der Waals surface area contributed by atoms with Crippen molar-refractivity contribution in [3.05, 3.63) is 68.8 Å². The summed E-state index contributed by atoms with van der Waals surface area (Å²) < 4.78 is 5.14. The molecule has 4 atom stereocenters. The van der Waals surface area contributed by atoms with Crippen molar-refractivity contribution in [1.29, 1.82) is 0 Å². The van der Waals surface area contributed by atoms with E-state index in [-0.39, 0.29) is 30.9 Å². The van der Waals surface area contributed by atoms with Gasteiger partial charge in [0.05, 0.1) is 23.3 Å². The molecule has 1 aliphatic rings. The van der Waals surface area contributed by atoms with Gasteiger partial charge >= 0.3 is 17.6 Å². The number of carboxylic acid groups (broad SMARTS) is 1. The number of ketones is 1. The summed E-state index contributed by atoms with van der Waals surface area (Å²) in [4.78, 5) is 102. The smallest absolute Gasteiger partial charge is 0.339 e. The van der Waals surface area contributed by atoms with E-state index < -0.39 is 94.9 Å². The molecule has 0 bridgehead atoms. The lowest BCUT2D eigenvalue weighted by atomic mass is 10.0. The number of hydrogen-bond donors (Lipinski definition) is 5. The van der Waals surface area contributed by atoms with Crippen LogP contribution in [0.3, 0.4) is 0 Å². The molecule has 1 fully saturated rings. The third-order valence-corrected chi connectivity index (χ3v) is 8.67. The van der Waals surface area contributed by atoms with Crippen LogP contribution in [0, 0.1) is 29.9 Å². The van der Waals surface area contributed by atoms with Gasteiger partial charge in [-0.25, -0.2) is 4.79 Å². The number of hydrogen-bond acceptors (Lipinski definition) is 11. The highest BCUT2D eigenvalue weighted by Crippen LogP contribution is 2.27. The Bertz CT molecular complexity index is 1740. The van der Waals surface area contributed by atoms with Crippen molar-refractivity contribution in [2.24, 2.45) is 5.92 Å². The summed E-state index contributed by atoms with van der Waals surface area (Å²) in [6, 6.07) is 3.72. The third-order valence-electron chi connectivity index (χ3n) is 8.67. The van der Waals surface area contributed by atoms with E-state index in [0.717, 1.165) is 12.1 Å². The van der Waals surface area contributed by atoms with Gasteiger partial charge in [0.2, 0.25) is 23.6 Å². The Labute approximate surface area is 305 Å². The average molecular weight is 740 g/mol. The summed E-state index contributed by atoms with van der Waals surface area (Å²) in [5.74, 6) is -6.50. The van der Waals surface area contributed by atoms with Crippen molar-refractivity contribution in [3.8, 4) is 5.75 Å². The van der Waals surface area contributed by atoms with Crippen LogP contribution in [-0.4, -0.2) is 98.7 Å². The van der Waals surface area contributed by atoms with E-state index in [0.29, 0.717) is 29.5 Å². The Morgan fingerprint density at radius 1 is 0.962 bits per heavy atom. The number of nitro groups is 1. The zero-order valence-electron chi connectivity index (χ0n) is 30.2. The molecule has 53 heavy (non-hydrogen) atoms. The van der Waals surface area contributed by atoms with Crippen molar-refractivity contribution in [1.82, 2.24) is 20.9 Å². The SMILES string of the molecule is Cc1cccc(C)c1C(=O)OCC(=O)[C@H](CC(=O)O)NC(=O)[C@H](C)NC(=O)[C@H](CC(C)C)NC(=O)C1CCCN1C(=O)Cc1ccc([N+](=O)[O-])c(O)c1. The summed E-state index contributed by atoms with van der Waals surface area (Å²) in [6.07, 6.45) is -0.107. The number of Topliss-reactive ketones (excluding diaryl/α,β-unsaturated/α-hetero) is 1. The van der Waals surface area contributed by atoms with Crippen LogP contribution < -0.4 is 16.0 Å². The number of nitrogens with one attached hydrogen (secondary N) is 3. The van der Waals surface area contributed by atoms with Crippen molar-refractivity contribution >= 4 is 47.0 Å². The first-order valence-corrected chi connectivity index (χ1v) is 17.0. The number of benzene rings is 2. The van der Waals surface area contributed by atoms with Crippen LogP contribution in [0.1, 0.15) is 73.5 Å². The van der Waals surface area contributed by atoms with Gasteiger partial charge < -0.3 is 35.8 Å². The highest BCUT2D eigenvalue weighted by molar-refractivity contribution is 5.98. The molecule has 17 heteroatoms. The molecule has 0 aromatic heterocycles. The summed E-state index contributed by atoms with van der Waals surface area (Å²) >= 11 is 0. The topological polar surface area (TPSA) is 252 Å². The molecule has 0 spiro atoms. The minimum absolute atomic E-state index is 0.102. The number of likely N-dealkylation sites (tertiary alicyclic amines) is 1. The summed E-state index contributed by atoms with van der Waals surface area (Å²) in [7, 11) is 0. The fourth-order valence-corrected chi connectivity index (χ4v) is 5.96. The molecule has 2 aromatic rings. The minimum atomic E-state index is -1.59. The number of ether oxygens (including phenoxy) is 1. The number of carbonyl (C=O) groups is 7. The molecule has 17 nitrogen and oxygen atoms in total. The van der Waals surface area contributed by atoms with E-state index in [4.69, 9.17) is 4.74 Å². The van der Waals surface area contributed by atoms with Crippen LogP contribution in [0.15, 0.2) is 36.4 Å². The van der Waals surface area contributed by atoms with Gasteiger partial charge in [0.1, 0.15) is 24.2 Å². The molecule has 0 aliphatic carbocycles. The average Bonchev–Trinajstić information content (AvgIpc) is 3.56. The largest absolute Gasteiger partial charge is 0.502 e. The minimum Gasteiger partial charge on any atom is -0.502 e. The number of nitrogens with zero attached hydrogens (tertiary/aromatic N) is 2. The maximum Gasteiger partial charge on any atom is 0.339 e. The van der Waals surface area contributed by atoms with Gasteiger partial charge in [-0.2, -0.15) is 0 Å². The van der Waals surface area contributed by atoms with E-state index in [1.165, 1.54) is 17.9 Å². The summed E-state index contributed by atoms with van der Waals surface area (Å²) in [5, 5.41) is 37.8. The molecule has 1 heterocycles. The molecule has 1 aliphatic heterocycles. The van der Waals surface area contributed by atoms with Gasteiger partial charge in [0, 0.05) is 12.6 Å². The Balaban J connectivity index is 1.63. The number of carbonyl (C=O) groups excluding carboxylic acids is 6. The van der Waals surface area contributed by atoms with Crippen molar-refractivity contribution in [2.75, 3.05) is 13.2 Å². The maximum atomic E-state index is 13.5. The third kappa shape index (κ3) is 11.6. The molecular formula is C36H45N5O12. The Morgan fingerprint density at radius 3 is 2.21 bits per heavy atom. The molecule has 0 radical (unpaired) electrons. The van der Waals surface area contributed by atoms with E-state index in [2.05, 4.69) is 16.0 Å². The van der Waals surface area contributed by atoms with Gasteiger partial charge in [-0.1, -0.05) is 38.1 Å². The molecule has 0 saturated carbocycles. The molecule has 1 unspecified atom stereocenters. The second kappa shape index (κ2) is 18.6. The number of rotatable bonds is 17. The molecule has 5 N–H and O–H groups in total. The summed E-state index contributed by atoms with van der Waals surface area (Å²) in [6.45, 7) is 7.73. The van der Waals surface area contributed by atoms with Crippen LogP contribution in [0.2, 0.25) is 0 Å². The van der Waals surface area contributed by atoms with Crippen LogP contribution in [0.4, 0.5) is 5.69 Å². The zero-order valence-corrected chi connectivity index (χ0v) is 30.2. The predicted molar refractivity (Wildman–Crippen MR) is 188 cm³/mol. The van der Waals surface area contributed by atoms with Gasteiger partial charge in [0.15, 0.2) is 18.1 Å². The predicted octanol–water partition coefficient (Wildman–Crippen LogP) is 1.87. The fraction of sp³-hybridized carbons (Fsp3) is 0.472. The second-order valence-corrected chi connectivity index (χ2v) is 13.4. The monoisotopic (exact) mass is 739 g/mol. The van der Waals surface area contributed by atoms with E-state index in [1.54, 1.807) is 32.0 Å². The summed E-state index contributed by atoms with van der Waals surface area (Å²) in [5.41, 5.74) is 1.28. The van der Waals surface area contributed by atoms with Crippen LogP contribution in [0.25, 0.3) is 0 Å². The van der Waals surface area contributed by atoms with Gasteiger partial charge in [0.25, 0.3) is 0 Å². The zero-order chi connectivity index (χ0) is 39.6. The number of phenols is 1. The van der Waals surface area contributed by atoms with Gasteiger partial charge in [-0.05, 0) is 68.7 Å². The number of carboxylic acids is 1. The second-order valence-electron chi connectivity index (χ2n) is 13.4. The first-order chi connectivity index (χ1) is 24.9. The molecule has 4 amide bonds. The molecule has 1 saturated heterocycles. The normalized spacial score (nSPS) is 15.5.